The van der Waals surface area contributed by atoms with E-state index in [0.29, 0.717) is 6.42 Å². The Hall–Kier alpha value is 0.0100. The molecule has 0 saturated carbocycles. The van der Waals surface area contributed by atoms with E-state index in [4.69, 9.17) is 19.7 Å². The topological polar surface area (TPSA) is 137 Å². The van der Waals surface area contributed by atoms with E-state index in [9.17, 15) is 19.0 Å². The molecule has 0 amide bonds. The van der Waals surface area contributed by atoms with E-state index in [0.717, 1.165) is 32.1 Å². The molecule has 2 atom stereocenters. The van der Waals surface area contributed by atoms with Gasteiger partial charge in [0, 0.05) is 19.4 Å². The van der Waals surface area contributed by atoms with Gasteiger partial charge in [-0.15, -0.1) is 0 Å². The van der Waals surface area contributed by atoms with Gasteiger partial charge in [0.15, 0.2) is 6.10 Å². The second-order valence-corrected chi connectivity index (χ2v) is 16.0. The van der Waals surface area contributed by atoms with Crippen molar-refractivity contribution in [2.75, 3.05) is 26.4 Å². The summed E-state index contributed by atoms with van der Waals surface area (Å²) < 4.78 is 32.4. The standard InChI is InChI=1S/C41H82NO8P.Na/c1-3-5-7-9-11-13-15-17-19-21-23-25-27-29-31-33-40(43)47-37-39(38-49-51(45,46)48-36-35-42)50-41(44)34-32-30-28-26-24-22-20-18-16-14-12-10-8-6-4-2;/h39H,3-38,42H2,1-2H3,(H,45,46);/q;+1/p-1/t39-;/m1./s1. The minimum absolute atomic E-state index is 0. The molecule has 0 rings (SSSR count). The molecule has 0 heterocycles. The first kappa shape index (κ1) is 54.1. The first-order valence-corrected chi connectivity index (χ1v) is 23.0. The van der Waals surface area contributed by atoms with E-state index < -0.39 is 32.5 Å². The monoisotopic (exact) mass is 770 g/mol. The van der Waals surface area contributed by atoms with Crippen molar-refractivity contribution in [1.82, 2.24) is 0 Å². The minimum Gasteiger partial charge on any atom is -0.756 e. The zero-order valence-electron chi connectivity index (χ0n) is 34.3. The molecule has 9 nitrogen and oxygen atoms in total. The summed E-state index contributed by atoms with van der Waals surface area (Å²) in [4.78, 5) is 36.9. The summed E-state index contributed by atoms with van der Waals surface area (Å²) in [5.74, 6) is -0.849. The molecule has 0 aromatic heterocycles. The van der Waals surface area contributed by atoms with Crippen molar-refractivity contribution in [3.05, 3.63) is 0 Å². The predicted molar refractivity (Wildman–Crippen MR) is 208 cm³/mol. The van der Waals surface area contributed by atoms with E-state index in [-0.39, 0.29) is 62.2 Å². The molecule has 52 heavy (non-hydrogen) atoms. The van der Waals surface area contributed by atoms with Crippen LogP contribution in [0.2, 0.25) is 0 Å². The van der Waals surface area contributed by atoms with Gasteiger partial charge in [0.05, 0.1) is 13.2 Å². The molecule has 0 radical (unpaired) electrons. The number of hydrogen-bond acceptors (Lipinski definition) is 9. The van der Waals surface area contributed by atoms with E-state index in [1.807, 2.05) is 0 Å². The van der Waals surface area contributed by atoms with Crippen molar-refractivity contribution in [3.8, 4) is 0 Å². The normalized spacial score (nSPS) is 13.0. The zero-order valence-corrected chi connectivity index (χ0v) is 37.2. The van der Waals surface area contributed by atoms with E-state index in [2.05, 4.69) is 18.4 Å². The number of rotatable bonds is 41. The Balaban J connectivity index is 0. The second-order valence-electron chi connectivity index (χ2n) is 14.6. The maximum absolute atomic E-state index is 12.5. The van der Waals surface area contributed by atoms with Gasteiger partial charge >= 0.3 is 41.5 Å². The minimum atomic E-state index is -4.62. The van der Waals surface area contributed by atoms with Crippen LogP contribution in [-0.4, -0.2) is 44.4 Å². The van der Waals surface area contributed by atoms with Gasteiger partial charge in [-0.2, -0.15) is 0 Å². The molecule has 304 valence electrons. The Kier molecular flexibility index (Phi) is 43.9. The average Bonchev–Trinajstić information content (AvgIpc) is 3.11. The molecular formula is C41H81NNaO8P. The molecule has 0 bridgehead atoms. The summed E-state index contributed by atoms with van der Waals surface area (Å²) in [6.07, 6.45) is 36.7. The number of hydrogen-bond donors (Lipinski definition) is 1. The van der Waals surface area contributed by atoms with Crippen LogP contribution in [0, 0.1) is 0 Å². The number of nitrogens with two attached hydrogens (primary N) is 1. The van der Waals surface area contributed by atoms with Crippen molar-refractivity contribution in [2.45, 2.75) is 225 Å². The van der Waals surface area contributed by atoms with Gasteiger partial charge in [0.25, 0.3) is 7.82 Å². The van der Waals surface area contributed by atoms with Crippen molar-refractivity contribution >= 4 is 19.8 Å². The molecule has 0 aliphatic rings. The van der Waals surface area contributed by atoms with Crippen LogP contribution in [0.25, 0.3) is 0 Å². The van der Waals surface area contributed by atoms with Crippen LogP contribution in [0.1, 0.15) is 219 Å². The maximum Gasteiger partial charge on any atom is 1.00 e. The quantitative estimate of drug-likeness (QED) is 0.0281. The summed E-state index contributed by atoms with van der Waals surface area (Å²) in [6.45, 7) is 3.57. The number of phosphoric ester groups is 1. The van der Waals surface area contributed by atoms with Crippen LogP contribution < -0.4 is 40.2 Å². The summed E-state index contributed by atoms with van der Waals surface area (Å²) in [5.41, 5.74) is 5.32. The molecular weight excluding hydrogens is 688 g/mol. The molecule has 2 N–H and O–H groups in total. The smallest absolute Gasteiger partial charge is 0.756 e. The summed E-state index contributed by atoms with van der Waals surface area (Å²) in [5, 5.41) is 0. The predicted octanol–water partition coefficient (Wildman–Crippen LogP) is 8.43. The summed E-state index contributed by atoms with van der Waals surface area (Å²) in [7, 11) is -4.62. The van der Waals surface area contributed by atoms with Gasteiger partial charge in [-0.3, -0.25) is 14.2 Å². The van der Waals surface area contributed by atoms with Crippen molar-refractivity contribution in [3.63, 3.8) is 0 Å². The third-order valence-corrected chi connectivity index (χ3v) is 10.4. The first-order chi connectivity index (χ1) is 24.8. The van der Waals surface area contributed by atoms with Gasteiger partial charge in [0.2, 0.25) is 0 Å². The van der Waals surface area contributed by atoms with E-state index in [1.54, 1.807) is 0 Å². The van der Waals surface area contributed by atoms with Crippen LogP contribution in [0.15, 0.2) is 0 Å². The fourth-order valence-corrected chi connectivity index (χ4v) is 7.03. The number of carbonyl (C=O) groups is 2. The zero-order chi connectivity index (χ0) is 37.5. The van der Waals surface area contributed by atoms with Gasteiger partial charge in [-0.25, -0.2) is 0 Å². The molecule has 0 aliphatic heterocycles. The molecule has 0 spiro atoms. The third-order valence-electron chi connectivity index (χ3n) is 9.48. The molecule has 0 aliphatic carbocycles. The molecule has 0 fully saturated rings. The fraction of sp³-hybridized carbons (Fsp3) is 0.951. The van der Waals surface area contributed by atoms with Crippen molar-refractivity contribution < 1.29 is 67.1 Å². The number of ether oxygens (including phenoxy) is 2. The third kappa shape index (κ3) is 41.2. The molecule has 0 aromatic carbocycles. The summed E-state index contributed by atoms with van der Waals surface area (Å²) in [6, 6.07) is 0. The van der Waals surface area contributed by atoms with Crippen LogP contribution in [-0.2, 0) is 32.7 Å². The van der Waals surface area contributed by atoms with Crippen molar-refractivity contribution in [2.24, 2.45) is 5.73 Å². The van der Waals surface area contributed by atoms with Crippen LogP contribution >= 0.6 is 7.82 Å². The van der Waals surface area contributed by atoms with E-state index >= 15 is 0 Å². The molecule has 11 heteroatoms. The number of phosphoric acid groups is 1. The second kappa shape index (κ2) is 42.2. The Labute approximate surface area is 342 Å². The van der Waals surface area contributed by atoms with Gasteiger partial charge in [0.1, 0.15) is 6.61 Å². The Bertz CT molecular complexity index is 822. The van der Waals surface area contributed by atoms with Crippen LogP contribution in [0.3, 0.4) is 0 Å². The Morgan fingerprint density at radius 3 is 1.19 bits per heavy atom. The SMILES string of the molecule is CCCCCCCCCCCCCCCCCC(=O)OC[C@H](COP(=O)([O-])OCCN)OC(=O)CCCCCCCCCCCCCCCCC.[Na+]. The van der Waals surface area contributed by atoms with Gasteiger partial charge in [-0.1, -0.05) is 194 Å². The van der Waals surface area contributed by atoms with Crippen molar-refractivity contribution in [1.29, 1.82) is 0 Å². The van der Waals surface area contributed by atoms with E-state index in [1.165, 1.54) is 154 Å². The first-order valence-electron chi connectivity index (χ1n) is 21.5. The summed E-state index contributed by atoms with van der Waals surface area (Å²) >= 11 is 0. The number of carbonyl (C=O) groups excluding carboxylic acids is 2. The average molecular weight is 770 g/mol. The van der Waals surface area contributed by atoms with Crippen LogP contribution in [0.4, 0.5) is 0 Å². The molecule has 1 unspecified atom stereocenters. The maximum atomic E-state index is 12.5. The van der Waals surface area contributed by atoms with Crippen LogP contribution in [0.5, 0.6) is 0 Å². The Morgan fingerprint density at radius 2 is 0.846 bits per heavy atom. The molecule has 0 saturated heterocycles. The number of unbranched alkanes of at least 4 members (excludes halogenated alkanes) is 28. The Morgan fingerprint density at radius 1 is 0.519 bits per heavy atom. The largest absolute Gasteiger partial charge is 1.00 e. The fourth-order valence-electron chi connectivity index (χ4n) is 6.28. The molecule has 0 aromatic rings. The number of esters is 2. The van der Waals surface area contributed by atoms with Gasteiger partial charge < -0.3 is 29.1 Å². The van der Waals surface area contributed by atoms with Gasteiger partial charge in [-0.05, 0) is 12.8 Å².